The van der Waals surface area contributed by atoms with Crippen LogP contribution in [0.3, 0.4) is 0 Å². The molecule has 1 saturated carbocycles. The fourth-order valence-electron chi connectivity index (χ4n) is 5.32. The first-order valence-electron chi connectivity index (χ1n) is 14.1. The smallest absolute Gasteiger partial charge is 0.244 e. The summed E-state index contributed by atoms with van der Waals surface area (Å²) in [7, 11) is -3.98. The van der Waals surface area contributed by atoms with E-state index >= 15 is 0 Å². The molecule has 2 amide bonds. The van der Waals surface area contributed by atoms with Crippen LogP contribution in [0.1, 0.15) is 48.8 Å². The SMILES string of the molecule is Cc1ccccc1CN(C(=O)CN(c1ccc(F)c(Cl)c1)S(C)(=O)=O)C(Cc1ccccc1)C(=O)NC1CCCCC1. The fraction of sp³-hybridized carbons (Fsp3) is 0.375. The van der Waals surface area contributed by atoms with Gasteiger partial charge in [-0.1, -0.05) is 85.5 Å². The molecular formula is C32H37ClFN3O4S. The molecule has 0 bridgehead atoms. The first kappa shape index (κ1) is 31.5. The normalized spacial score (nSPS) is 14.7. The maximum absolute atomic E-state index is 14.2. The van der Waals surface area contributed by atoms with Crippen LogP contribution in [0.25, 0.3) is 0 Å². The van der Waals surface area contributed by atoms with Crippen molar-refractivity contribution in [3.05, 3.63) is 100 Å². The van der Waals surface area contributed by atoms with Crippen molar-refractivity contribution in [2.75, 3.05) is 17.1 Å². The Hall–Kier alpha value is -3.43. The highest BCUT2D eigenvalue weighted by molar-refractivity contribution is 7.92. The number of carbonyl (C=O) groups excluding carboxylic acids is 2. The van der Waals surface area contributed by atoms with E-state index in [4.69, 9.17) is 11.6 Å². The lowest BCUT2D eigenvalue weighted by atomic mass is 9.94. The van der Waals surface area contributed by atoms with Gasteiger partial charge in [-0.05, 0) is 54.7 Å². The third kappa shape index (κ3) is 8.32. The molecule has 0 spiro atoms. The molecule has 10 heteroatoms. The van der Waals surface area contributed by atoms with E-state index in [0.717, 1.165) is 65.4 Å². The molecule has 0 saturated heterocycles. The molecule has 4 rings (SSSR count). The Labute approximate surface area is 252 Å². The van der Waals surface area contributed by atoms with Gasteiger partial charge in [-0.25, -0.2) is 12.8 Å². The average Bonchev–Trinajstić information content (AvgIpc) is 2.96. The van der Waals surface area contributed by atoms with Crippen LogP contribution >= 0.6 is 11.6 Å². The van der Waals surface area contributed by atoms with Crippen molar-refractivity contribution in [2.45, 2.75) is 64.1 Å². The number of hydrogen-bond donors (Lipinski definition) is 1. The molecule has 42 heavy (non-hydrogen) atoms. The van der Waals surface area contributed by atoms with Crippen LogP contribution in [0.15, 0.2) is 72.8 Å². The van der Waals surface area contributed by atoms with Gasteiger partial charge in [0.1, 0.15) is 18.4 Å². The Morgan fingerprint density at radius 3 is 2.31 bits per heavy atom. The molecule has 0 aliphatic heterocycles. The number of sulfonamides is 1. The maximum atomic E-state index is 14.2. The van der Waals surface area contributed by atoms with Crippen molar-refractivity contribution in [3.63, 3.8) is 0 Å². The molecule has 3 aromatic carbocycles. The van der Waals surface area contributed by atoms with Gasteiger partial charge in [0.25, 0.3) is 0 Å². The number of anilines is 1. The van der Waals surface area contributed by atoms with E-state index in [2.05, 4.69) is 5.32 Å². The van der Waals surface area contributed by atoms with Gasteiger partial charge in [0, 0.05) is 19.0 Å². The zero-order valence-electron chi connectivity index (χ0n) is 23.9. The highest BCUT2D eigenvalue weighted by atomic mass is 35.5. The lowest BCUT2D eigenvalue weighted by molar-refractivity contribution is -0.140. The summed E-state index contributed by atoms with van der Waals surface area (Å²) >= 11 is 5.96. The van der Waals surface area contributed by atoms with Gasteiger partial charge in [0.15, 0.2) is 0 Å². The van der Waals surface area contributed by atoms with E-state index in [9.17, 15) is 22.4 Å². The van der Waals surface area contributed by atoms with E-state index in [1.54, 1.807) is 0 Å². The highest BCUT2D eigenvalue weighted by Gasteiger charge is 2.34. The summed E-state index contributed by atoms with van der Waals surface area (Å²) in [5, 5.41) is 2.92. The predicted octanol–water partition coefficient (Wildman–Crippen LogP) is 5.64. The maximum Gasteiger partial charge on any atom is 0.244 e. The molecule has 224 valence electrons. The largest absolute Gasteiger partial charge is 0.352 e. The molecule has 0 heterocycles. The Balaban J connectivity index is 1.74. The summed E-state index contributed by atoms with van der Waals surface area (Å²) in [5.41, 5.74) is 2.70. The van der Waals surface area contributed by atoms with Crippen molar-refractivity contribution in [1.82, 2.24) is 10.2 Å². The summed E-state index contributed by atoms with van der Waals surface area (Å²) in [6.45, 7) is 1.44. The topological polar surface area (TPSA) is 86.8 Å². The summed E-state index contributed by atoms with van der Waals surface area (Å²) in [6.07, 6.45) is 6.17. The lowest BCUT2D eigenvalue weighted by Crippen LogP contribution is -2.55. The minimum Gasteiger partial charge on any atom is -0.352 e. The van der Waals surface area contributed by atoms with Gasteiger partial charge in [-0.3, -0.25) is 13.9 Å². The molecule has 0 aromatic heterocycles. The molecule has 7 nitrogen and oxygen atoms in total. The number of halogens is 2. The van der Waals surface area contributed by atoms with Crippen LogP contribution in [0.4, 0.5) is 10.1 Å². The zero-order chi connectivity index (χ0) is 30.3. The van der Waals surface area contributed by atoms with E-state index in [-0.39, 0.29) is 35.6 Å². The van der Waals surface area contributed by atoms with Crippen LogP contribution in [-0.4, -0.2) is 50.0 Å². The van der Waals surface area contributed by atoms with Crippen molar-refractivity contribution in [1.29, 1.82) is 0 Å². The van der Waals surface area contributed by atoms with Crippen molar-refractivity contribution >= 4 is 39.1 Å². The second kappa shape index (κ2) is 14.2. The number of nitrogens with zero attached hydrogens (tertiary/aromatic N) is 2. The molecule has 1 unspecified atom stereocenters. The average molecular weight is 614 g/mol. The first-order chi connectivity index (χ1) is 20.0. The van der Waals surface area contributed by atoms with Gasteiger partial charge in [0.2, 0.25) is 21.8 Å². The van der Waals surface area contributed by atoms with E-state index in [1.807, 2.05) is 61.5 Å². The van der Waals surface area contributed by atoms with Crippen molar-refractivity contribution < 1.29 is 22.4 Å². The van der Waals surface area contributed by atoms with Crippen molar-refractivity contribution in [3.8, 4) is 0 Å². The minimum absolute atomic E-state index is 0.0220. The molecule has 1 fully saturated rings. The predicted molar refractivity (Wildman–Crippen MR) is 164 cm³/mol. The number of benzene rings is 3. The second-order valence-corrected chi connectivity index (χ2v) is 13.2. The molecule has 1 aliphatic rings. The summed E-state index contributed by atoms with van der Waals surface area (Å²) in [6, 6.07) is 19.6. The fourth-order valence-corrected chi connectivity index (χ4v) is 6.34. The van der Waals surface area contributed by atoms with Crippen LogP contribution < -0.4 is 9.62 Å². The molecule has 0 radical (unpaired) electrons. The quantitative estimate of drug-likeness (QED) is 0.303. The van der Waals surface area contributed by atoms with E-state index < -0.39 is 34.3 Å². The van der Waals surface area contributed by atoms with E-state index in [1.165, 1.54) is 17.0 Å². The van der Waals surface area contributed by atoms with Gasteiger partial charge in [0.05, 0.1) is 17.0 Å². The Kier molecular flexibility index (Phi) is 10.6. The van der Waals surface area contributed by atoms with Crippen LogP contribution in [0.2, 0.25) is 5.02 Å². The molecule has 1 N–H and O–H groups in total. The minimum atomic E-state index is -3.98. The number of aryl methyl sites for hydroxylation is 1. The van der Waals surface area contributed by atoms with Crippen LogP contribution in [0.5, 0.6) is 0 Å². The van der Waals surface area contributed by atoms with Gasteiger partial charge in [-0.2, -0.15) is 0 Å². The van der Waals surface area contributed by atoms with Crippen molar-refractivity contribution in [2.24, 2.45) is 0 Å². The van der Waals surface area contributed by atoms with Gasteiger partial charge < -0.3 is 10.2 Å². The molecule has 1 aliphatic carbocycles. The van der Waals surface area contributed by atoms with E-state index in [0.29, 0.717) is 0 Å². The number of hydrogen-bond acceptors (Lipinski definition) is 4. The number of nitrogens with one attached hydrogen (secondary N) is 1. The van der Waals surface area contributed by atoms with Crippen LogP contribution in [0, 0.1) is 12.7 Å². The Morgan fingerprint density at radius 1 is 1.00 bits per heavy atom. The summed E-state index contributed by atoms with van der Waals surface area (Å²) < 4.78 is 40.6. The zero-order valence-corrected chi connectivity index (χ0v) is 25.5. The summed E-state index contributed by atoms with van der Waals surface area (Å²) in [5.74, 6) is -1.55. The standard InChI is InChI=1S/C32H37ClFN3O4S/c1-23-11-9-10-14-25(23)21-36(31(38)22-37(42(2,40)41)27-17-18-29(34)28(33)20-27)30(19-24-12-5-3-6-13-24)32(39)35-26-15-7-4-8-16-26/h3,5-6,9-14,17-18,20,26,30H,4,7-8,15-16,19,21-22H2,1-2H3,(H,35,39). The van der Waals surface area contributed by atoms with Crippen LogP contribution in [-0.2, 0) is 32.6 Å². The Bertz CT molecular complexity index is 1500. The number of carbonyl (C=O) groups is 2. The first-order valence-corrected chi connectivity index (χ1v) is 16.4. The molecule has 3 aromatic rings. The molecule has 1 atom stereocenters. The third-order valence-corrected chi connectivity index (χ3v) is 9.13. The highest BCUT2D eigenvalue weighted by Crippen LogP contribution is 2.26. The lowest BCUT2D eigenvalue weighted by Gasteiger charge is -2.35. The monoisotopic (exact) mass is 613 g/mol. The summed E-state index contributed by atoms with van der Waals surface area (Å²) in [4.78, 5) is 29.6. The Morgan fingerprint density at radius 2 is 1.67 bits per heavy atom. The molecular weight excluding hydrogens is 577 g/mol. The number of rotatable bonds is 11. The van der Waals surface area contributed by atoms with Gasteiger partial charge in [-0.15, -0.1) is 0 Å². The number of amides is 2. The second-order valence-electron chi connectivity index (χ2n) is 10.9. The van der Waals surface area contributed by atoms with Gasteiger partial charge >= 0.3 is 0 Å². The third-order valence-electron chi connectivity index (χ3n) is 7.69.